The Kier molecular flexibility index (Phi) is 6.68. The summed E-state index contributed by atoms with van der Waals surface area (Å²) in [6.45, 7) is 28.5. The van der Waals surface area contributed by atoms with E-state index in [4.69, 9.17) is 0 Å². The van der Waals surface area contributed by atoms with Gasteiger partial charge in [0.25, 0.3) is 0 Å². The number of benzene rings is 1. The van der Waals surface area contributed by atoms with Gasteiger partial charge >= 0.3 is 0 Å². The van der Waals surface area contributed by atoms with Crippen molar-refractivity contribution >= 4 is 0 Å². The van der Waals surface area contributed by atoms with Crippen molar-refractivity contribution in [1.82, 2.24) is 0 Å². The van der Waals surface area contributed by atoms with Crippen LogP contribution in [-0.2, 0) is 16.2 Å². The van der Waals surface area contributed by atoms with Crippen molar-refractivity contribution in [2.75, 3.05) is 0 Å². The number of allylic oxidation sites excluding steroid dienone is 4. The Morgan fingerprint density at radius 1 is 0.793 bits per heavy atom. The van der Waals surface area contributed by atoms with Gasteiger partial charge in [-0.05, 0) is 57.3 Å². The van der Waals surface area contributed by atoms with Gasteiger partial charge < -0.3 is 0 Å². The first-order valence-corrected chi connectivity index (χ1v) is 11.7. The molecule has 0 saturated carbocycles. The zero-order chi connectivity index (χ0) is 22.4. The molecule has 0 aromatic heterocycles. The second-order valence-electron chi connectivity index (χ2n) is 12.3. The zero-order valence-electron chi connectivity index (χ0n) is 21.3. The van der Waals surface area contributed by atoms with Crippen LogP contribution < -0.4 is 0 Å². The lowest BCUT2D eigenvalue weighted by Gasteiger charge is -2.45. The van der Waals surface area contributed by atoms with Gasteiger partial charge in [-0.1, -0.05) is 119 Å². The zero-order valence-corrected chi connectivity index (χ0v) is 21.3. The lowest BCUT2D eigenvalue weighted by Crippen LogP contribution is -2.38. The summed E-state index contributed by atoms with van der Waals surface area (Å²) in [5.74, 6) is 1.67. The molecule has 0 saturated heterocycles. The molecule has 1 aromatic carbocycles. The summed E-state index contributed by atoms with van der Waals surface area (Å²) in [5.41, 5.74) is 8.02. The smallest absolute Gasteiger partial charge is 0.0201 e. The number of hydrogen-bond acceptors (Lipinski definition) is 0. The predicted molar refractivity (Wildman–Crippen MR) is 131 cm³/mol. The number of rotatable bonds is 4. The average Bonchev–Trinajstić information content (AvgIpc) is 2.58. The Hall–Kier alpha value is -1.30. The van der Waals surface area contributed by atoms with Gasteiger partial charge in [0.2, 0.25) is 0 Å². The van der Waals surface area contributed by atoms with Gasteiger partial charge in [-0.15, -0.1) is 0 Å². The molecule has 0 spiro atoms. The Balaban J connectivity index is 2.93. The summed E-state index contributed by atoms with van der Waals surface area (Å²) >= 11 is 0. The molecule has 0 N–H and O–H groups in total. The maximum atomic E-state index is 2.64. The SMILES string of the molecule is CC(C)C1=CC(c2cccc(C(C)(C)C)c2C(C)(C)C)(C(C)C)CC(C(C)C)=C1. The summed E-state index contributed by atoms with van der Waals surface area (Å²) in [6.07, 6.45) is 6.28. The molecular weight excluding hydrogens is 348 g/mol. The van der Waals surface area contributed by atoms with Crippen LogP contribution in [0, 0.1) is 17.8 Å². The Morgan fingerprint density at radius 2 is 1.38 bits per heavy atom. The molecule has 1 aliphatic carbocycles. The van der Waals surface area contributed by atoms with Crippen molar-refractivity contribution in [3.63, 3.8) is 0 Å². The average molecular weight is 395 g/mol. The van der Waals surface area contributed by atoms with E-state index in [0.717, 1.165) is 6.42 Å². The second-order valence-corrected chi connectivity index (χ2v) is 12.3. The fourth-order valence-electron chi connectivity index (χ4n) is 4.93. The Bertz CT molecular complexity index is 784. The van der Waals surface area contributed by atoms with E-state index >= 15 is 0 Å². The molecule has 0 fully saturated rings. The van der Waals surface area contributed by atoms with Crippen LogP contribution in [0.2, 0.25) is 0 Å². The van der Waals surface area contributed by atoms with Crippen LogP contribution in [0.4, 0.5) is 0 Å². The highest BCUT2D eigenvalue weighted by Crippen LogP contribution is 2.50. The predicted octanol–water partition coefficient (Wildman–Crippen LogP) is 8.74. The monoisotopic (exact) mass is 394 g/mol. The van der Waals surface area contributed by atoms with E-state index in [0.29, 0.717) is 17.8 Å². The summed E-state index contributed by atoms with van der Waals surface area (Å²) < 4.78 is 0. The van der Waals surface area contributed by atoms with Crippen molar-refractivity contribution in [2.45, 2.75) is 106 Å². The van der Waals surface area contributed by atoms with Crippen molar-refractivity contribution < 1.29 is 0 Å². The molecule has 0 amide bonds. The summed E-state index contributed by atoms with van der Waals surface area (Å²) in [5, 5.41) is 0. The first-order chi connectivity index (χ1) is 13.1. The highest BCUT2D eigenvalue weighted by molar-refractivity contribution is 5.53. The Labute approximate surface area is 181 Å². The van der Waals surface area contributed by atoms with Gasteiger partial charge in [-0.25, -0.2) is 0 Å². The Morgan fingerprint density at radius 3 is 1.79 bits per heavy atom. The maximum Gasteiger partial charge on any atom is 0.0201 e. The fourth-order valence-corrected chi connectivity index (χ4v) is 4.93. The first-order valence-electron chi connectivity index (χ1n) is 11.7. The van der Waals surface area contributed by atoms with Crippen molar-refractivity contribution in [3.05, 3.63) is 58.2 Å². The third-order valence-corrected chi connectivity index (χ3v) is 6.84. The number of hydrogen-bond donors (Lipinski definition) is 0. The van der Waals surface area contributed by atoms with Crippen LogP contribution in [-0.4, -0.2) is 0 Å². The molecule has 29 heavy (non-hydrogen) atoms. The van der Waals surface area contributed by atoms with Gasteiger partial charge in [0.05, 0.1) is 0 Å². The van der Waals surface area contributed by atoms with E-state index < -0.39 is 0 Å². The van der Waals surface area contributed by atoms with Gasteiger partial charge in [-0.3, -0.25) is 0 Å². The second kappa shape index (κ2) is 8.09. The van der Waals surface area contributed by atoms with E-state index in [9.17, 15) is 0 Å². The highest BCUT2D eigenvalue weighted by Gasteiger charge is 2.42. The first kappa shape index (κ1) is 24.0. The normalized spacial score (nSPS) is 21.1. The maximum absolute atomic E-state index is 2.64. The largest absolute Gasteiger partial charge is 0.0699 e. The molecule has 0 radical (unpaired) electrons. The van der Waals surface area contributed by atoms with Crippen LogP contribution in [0.15, 0.2) is 41.5 Å². The summed E-state index contributed by atoms with van der Waals surface area (Å²) in [4.78, 5) is 0. The van der Waals surface area contributed by atoms with Gasteiger partial charge in [0.1, 0.15) is 0 Å². The van der Waals surface area contributed by atoms with Crippen LogP contribution in [0.3, 0.4) is 0 Å². The van der Waals surface area contributed by atoms with Gasteiger partial charge in [0.15, 0.2) is 0 Å². The fraction of sp³-hybridized carbons (Fsp3) is 0.655. The summed E-state index contributed by atoms with van der Waals surface area (Å²) in [7, 11) is 0. The standard InChI is InChI=1S/C29H46/c1-19(2)22-16-23(20(3)4)18-29(17-22,21(5)6)25-15-13-14-24(27(7,8)9)26(25)28(10,11)12/h13-17,19-21H,18H2,1-12H3. The van der Waals surface area contributed by atoms with Gasteiger partial charge in [0, 0.05) is 5.41 Å². The van der Waals surface area contributed by atoms with Crippen LogP contribution in [0.25, 0.3) is 0 Å². The van der Waals surface area contributed by atoms with Crippen molar-refractivity contribution in [2.24, 2.45) is 17.8 Å². The van der Waals surface area contributed by atoms with Crippen LogP contribution >= 0.6 is 0 Å². The third kappa shape index (κ3) is 4.73. The molecule has 162 valence electrons. The lowest BCUT2D eigenvalue weighted by molar-refractivity contribution is 0.352. The van der Waals surface area contributed by atoms with Crippen molar-refractivity contribution in [1.29, 1.82) is 0 Å². The quantitative estimate of drug-likeness (QED) is 0.479. The molecule has 1 aliphatic rings. The van der Waals surface area contributed by atoms with Crippen LogP contribution in [0.5, 0.6) is 0 Å². The highest BCUT2D eigenvalue weighted by atomic mass is 14.5. The molecule has 1 atom stereocenters. The molecule has 2 rings (SSSR count). The molecule has 1 aromatic rings. The van der Waals surface area contributed by atoms with Crippen molar-refractivity contribution in [3.8, 4) is 0 Å². The molecule has 0 bridgehead atoms. The minimum Gasteiger partial charge on any atom is -0.0699 e. The topological polar surface area (TPSA) is 0 Å². The van der Waals surface area contributed by atoms with E-state index in [1.807, 2.05) is 0 Å². The van der Waals surface area contributed by atoms with E-state index in [-0.39, 0.29) is 16.2 Å². The third-order valence-electron chi connectivity index (χ3n) is 6.84. The van der Waals surface area contributed by atoms with E-state index in [1.54, 1.807) is 16.7 Å². The molecule has 1 unspecified atom stereocenters. The van der Waals surface area contributed by atoms with E-state index in [1.165, 1.54) is 11.1 Å². The minimum atomic E-state index is 0.0534. The van der Waals surface area contributed by atoms with Gasteiger partial charge in [-0.2, -0.15) is 0 Å². The van der Waals surface area contributed by atoms with Crippen LogP contribution in [0.1, 0.15) is 106 Å². The molecule has 0 heterocycles. The lowest BCUT2D eigenvalue weighted by atomic mass is 9.59. The molecule has 0 aliphatic heterocycles. The molecular formula is C29H46. The summed E-state index contributed by atoms with van der Waals surface area (Å²) in [6, 6.07) is 7.12. The minimum absolute atomic E-state index is 0.0534. The van der Waals surface area contributed by atoms with E-state index in [2.05, 4.69) is 113 Å². The molecule has 0 heteroatoms. The molecule has 0 nitrogen and oxygen atoms in total.